The molecule has 1 nitrogen and oxygen atoms in total. The molecule has 0 saturated carbocycles. The molecule has 0 amide bonds. The molecule has 8 heavy (non-hydrogen) atoms. The van der Waals surface area contributed by atoms with Gasteiger partial charge in [0.05, 0.1) is 7.11 Å². The van der Waals surface area contributed by atoms with Crippen LogP contribution in [0.2, 0.25) is 0 Å². The van der Waals surface area contributed by atoms with E-state index in [2.05, 4.69) is 13.5 Å². The molecule has 0 radical (unpaired) electrons. The van der Waals surface area contributed by atoms with Gasteiger partial charge in [-0.25, -0.2) is 0 Å². The molecule has 0 fully saturated rings. The molecular weight excluding hydrogens is 100 g/mol. The number of methoxy groups -OCH3 is 1. The van der Waals surface area contributed by atoms with Gasteiger partial charge in [0, 0.05) is 0 Å². The zero-order chi connectivity index (χ0) is 6.41. The summed E-state index contributed by atoms with van der Waals surface area (Å²) in [5.41, 5.74) is 0. The van der Waals surface area contributed by atoms with E-state index < -0.39 is 0 Å². The van der Waals surface area contributed by atoms with E-state index in [0.717, 1.165) is 6.42 Å². The Labute approximate surface area is 50.7 Å². The van der Waals surface area contributed by atoms with Gasteiger partial charge >= 0.3 is 0 Å². The van der Waals surface area contributed by atoms with Crippen molar-refractivity contribution >= 4 is 0 Å². The van der Waals surface area contributed by atoms with Crippen molar-refractivity contribution in [3.63, 3.8) is 0 Å². The molecule has 0 atom stereocenters. The summed E-state index contributed by atoms with van der Waals surface area (Å²) in [5.74, 6) is 0.715. The number of allylic oxidation sites excluding steroid dienone is 2. The van der Waals surface area contributed by atoms with Crippen LogP contribution in [-0.2, 0) is 4.74 Å². The Morgan fingerprint density at radius 3 is 2.75 bits per heavy atom. The van der Waals surface area contributed by atoms with Crippen LogP contribution >= 0.6 is 0 Å². The highest BCUT2D eigenvalue weighted by Gasteiger charge is 1.76. The van der Waals surface area contributed by atoms with Crippen molar-refractivity contribution in [2.45, 2.75) is 13.3 Å². The van der Waals surface area contributed by atoms with Crippen LogP contribution in [0.1, 0.15) is 13.3 Å². The minimum atomic E-state index is 0.715. The lowest BCUT2D eigenvalue weighted by Gasteiger charge is -1.92. The second kappa shape index (κ2) is 4.44. The maximum atomic E-state index is 4.77. The van der Waals surface area contributed by atoms with E-state index in [0.29, 0.717) is 5.76 Å². The molecule has 0 aromatic heterocycles. The van der Waals surface area contributed by atoms with Crippen molar-refractivity contribution in [2.75, 3.05) is 7.11 Å². The quantitative estimate of drug-likeness (QED) is 0.401. The molecule has 46 valence electrons. The minimum Gasteiger partial charge on any atom is -0.497 e. The number of hydrogen-bond donors (Lipinski definition) is 0. The highest BCUT2D eigenvalue weighted by molar-refractivity contribution is 5.05. The van der Waals surface area contributed by atoms with Crippen LogP contribution in [0.25, 0.3) is 0 Å². The van der Waals surface area contributed by atoms with Crippen molar-refractivity contribution < 1.29 is 4.74 Å². The van der Waals surface area contributed by atoms with Crippen LogP contribution < -0.4 is 0 Å². The summed E-state index contributed by atoms with van der Waals surface area (Å²) in [5, 5.41) is 0. The second-order valence-corrected chi connectivity index (χ2v) is 1.48. The predicted molar refractivity (Wildman–Crippen MR) is 35.6 cm³/mol. The fourth-order valence-corrected chi connectivity index (χ4v) is 0.317. The molecule has 0 bridgehead atoms. The third kappa shape index (κ3) is 3.47. The average molecular weight is 112 g/mol. The van der Waals surface area contributed by atoms with Gasteiger partial charge in [0.25, 0.3) is 0 Å². The highest BCUT2D eigenvalue weighted by atomic mass is 16.5. The molecule has 0 N–H and O–H groups in total. The first kappa shape index (κ1) is 7.28. The van der Waals surface area contributed by atoms with Crippen LogP contribution in [-0.4, -0.2) is 7.11 Å². The van der Waals surface area contributed by atoms with Gasteiger partial charge in [-0.3, -0.25) is 0 Å². The second-order valence-electron chi connectivity index (χ2n) is 1.48. The van der Waals surface area contributed by atoms with E-state index >= 15 is 0 Å². The summed E-state index contributed by atoms with van der Waals surface area (Å²) in [6.07, 6.45) is 4.90. The Bertz CT molecular complexity index is 92.6. The first-order valence-electron chi connectivity index (χ1n) is 2.70. The van der Waals surface area contributed by atoms with Gasteiger partial charge in [-0.15, -0.1) is 0 Å². The normalized spacial score (nSPS) is 9.75. The van der Waals surface area contributed by atoms with Gasteiger partial charge < -0.3 is 4.74 Å². The lowest BCUT2D eigenvalue weighted by atomic mass is 10.4. The Morgan fingerprint density at radius 2 is 2.38 bits per heavy atom. The third-order valence-electron chi connectivity index (χ3n) is 0.802. The number of hydrogen-bond acceptors (Lipinski definition) is 1. The summed E-state index contributed by atoms with van der Waals surface area (Å²) >= 11 is 0. The van der Waals surface area contributed by atoms with Gasteiger partial charge in [-0.05, 0) is 12.5 Å². The smallest absolute Gasteiger partial charge is 0.111 e. The Balaban J connectivity index is 3.37. The monoisotopic (exact) mass is 112 g/mol. The van der Waals surface area contributed by atoms with Gasteiger partial charge in [-0.1, -0.05) is 19.6 Å². The molecule has 0 spiro atoms. The highest BCUT2D eigenvalue weighted by Crippen LogP contribution is 1.92. The SMILES string of the molecule is C=C(/C=C/CC)OC. The van der Waals surface area contributed by atoms with Crippen LogP contribution in [0.3, 0.4) is 0 Å². The van der Waals surface area contributed by atoms with Gasteiger partial charge in [0.15, 0.2) is 0 Å². The zero-order valence-electron chi connectivity index (χ0n) is 5.48. The van der Waals surface area contributed by atoms with Gasteiger partial charge in [-0.2, -0.15) is 0 Å². The van der Waals surface area contributed by atoms with E-state index in [-0.39, 0.29) is 0 Å². The summed E-state index contributed by atoms with van der Waals surface area (Å²) < 4.78 is 4.77. The molecule has 1 heteroatoms. The molecule has 0 heterocycles. The van der Waals surface area contributed by atoms with Crippen molar-refractivity contribution in [3.8, 4) is 0 Å². The van der Waals surface area contributed by atoms with Crippen LogP contribution in [0.5, 0.6) is 0 Å². The molecule has 0 aliphatic heterocycles. The van der Waals surface area contributed by atoms with E-state index in [4.69, 9.17) is 4.74 Å². The first-order valence-corrected chi connectivity index (χ1v) is 2.70. The molecule has 0 saturated heterocycles. The maximum absolute atomic E-state index is 4.77. The van der Waals surface area contributed by atoms with E-state index in [1.165, 1.54) is 0 Å². The fraction of sp³-hybridized carbons (Fsp3) is 0.429. The molecule has 0 aromatic rings. The third-order valence-corrected chi connectivity index (χ3v) is 0.802. The Kier molecular flexibility index (Phi) is 4.04. The lowest BCUT2D eigenvalue weighted by Crippen LogP contribution is -1.75. The van der Waals surface area contributed by atoms with Crippen molar-refractivity contribution in [1.29, 1.82) is 0 Å². The fourth-order valence-electron chi connectivity index (χ4n) is 0.317. The van der Waals surface area contributed by atoms with E-state index in [9.17, 15) is 0 Å². The number of ether oxygens (including phenoxy) is 1. The molecule has 0 rings (SSSR count). The summed E-state index contributed by atoms with van der Waals surface area (Å²) in [4.78, 5) is 0. The van der Waals surface area contributed by atoms with Crippen molar-refractivity contribution in [3.05, 3.63) is 24.5 Å². The van der Waals surface area contributed by atoms with Crippen LogP contribution in [0.15, 0.2) is 24.5 Å². The average Bonchev–Trinajstić information content (AvgIpc) is 1.83. The van der Waals surface area contributed by atoms with E-state index in [1.807, 2.05) is 12.2 Å². The molecule has 0 aliphatic rings. The number of rotatable bonds is 3. The molecule has 0 aromatic carbocycles. The lowest BCUT2D eigenvalue weighted by molar-refractivity contribution is 0.308. The van der Waals surface area contributed by atoms with E-state index in [1.54, 1.807) is 7.11 Å². The first-order chi connectivity index (χ1) is 3.81. The maximum Gasteiger partial charge on any atom is 0.111 e. The molecular formula is C7H12O. The Morgan fingerprint density at radius 1 is 1.75 bits per heavy atom. The van der Waals surface area contributed by atoms with Crippen LogP contribution in [0, 0.1) is 0 Å². The Hall–Kier alpha value is -0.720. The largest absolute Gasteiger partial charge is 0.497 e. The zero-order valence-corrected chi connectivity index (χ0v) is 5.48. The molecule has 0 unspecified atom stereocenters. The summed E-state index contributed by atoms with van der Waals surface area (Å²) in [7, 11) is 1.61. The van der Waals surface area contributed by atoms with Gasteiger partial charge in [0.1, 0.15) is 5.76 Å². The topological polar surface area (TPSA) is 9.23 Å². The van der Waals surface area contributed by atoms with Crippen LogP contribution in [0.4, 0.5) is 0 Å². The van der Waals surface area contributed by atoms with Crippen molar-refractivity contribution in [2.24, 2.45) is 0 Å². The predicted octanol–water partition coefficient (Wildman–Crippen LogP) is 2.11. The summed E-state index contributed by atoms with van der Waals surface area (Å²) in [6.45, 7) is 5.67. The van der Waals surface area contributed by atoms with Gasteiger partial charge in [0.2, 0.25) is 0 Å². The minimum absolute atomic E-state index is 0.715. The van der Waals surface area contributed by atoms with Crippen molar-refractivity contribution in [1.82, 2.24) is 0 Å². The standard InChI is InChI=1S/C7H12O/c1-4-5-6-7(2)8-3/h5-6H,2,4H2,1,3H3/b6-5+. The summed E-state index contributed by atoms with van der Waals surface area (Å²) in [6, 6.07) is 0. The molecule has 0 aliphatic carbocycles.